The standard InChI is InChI=1S/C21H22ClN3OS/c1-14-10-11-17(22)19-18(14)24-21(27-19)25(13-16-9-5-6-12-23-16)20(26)15-7-3-2-4-8-15/h5-6,9-12,15H,2-4,7-8,13H2,1H3. The van der Waals surface area contributed by atoms with Crippen molar-refractivity contribution in [1.29, 1.82) is 0 Å². The summed E-state index contributed by atoms with van der Waals surface area (Å²) in [7, 11) is 0. The fraction of sp³-hybridized carbons (Fsp3) is 0.381. The van der Waals surface area contributed by atoms with Crippen molar-refractivity contribution in [1.82, 2.24) is 9.97 Å². The minimum Gasteiger partial charge on any atom is -0.282 e. The van der Waals surface area contributed by atoms with Crippen molar-refractivity contribution in [3.63, 3.8) is 0 Å². The van der Waals surface area contributed by atoms with E-state index < -0.39 is 0 Å². The second kappa shape index (κ2) is 7.95. The Morgan fingerprint density at radius 2 is 2.04 bits per heavy atom. The molecular weight excluding hydrogens is 378 g/mol. The average molecular weight is 400 g/mol. The molecule has 4 nitrogen and oxygen atoms in total. The summed E-state index contributed by atoms with van der Waals surface area (Å²) in [5.41, 5.74) is 2.81. The molecule has 0 N–H and O–H groups in total. The van der Waals surface area contributed by atoms with Gasteiger partial charge in [0.15, 0.2) is 5.13 Å². The topological polar surface area (TPSA) is 46.1 Å². The van der Waals surface area contributed by atoms with Crippen LogP contribution in [0.1, 0.15) is 43.4 Å². The summed E-state index contributed by atoms with van der Waals surface area (Å²) < 4.78 is 0.939. The van der Waals surface area contributed by atoms with Crippen LogP contribution in [0.2, 0.25) is 5.02 Å². The Morgan fingerprint density at radius 3 is 2.74 bits per heavy atom. The average Bonchev–Trinajstić information content (AvgIpc) is 3.16. The Bertz CT molecular complexity index is 912. The second-order valence-electron chi connectivity index (χ2n) is 7.12. The number of hydrogen-bond acceptors (Lipinski definition) is 4. The monoisotopic (exact) mass is 399 g/mol. The van der Waals surface area contributed by atoms with Gasteiger partial charge in [0.05, 0.1) is 27.5 Å². The lowest BCUT2D eigenvalue weighted by Gasteiger charge is -2.27. The van der Waals surface area contributed by atoms with Crippen molar-refractivity contribution < 1.29 is 4.79 Å². The molecule has 4 rings (SSSR count). The summed E-state index contributed by atoms with van der Waals surface area (Å²) in [4.78, 5) is 24.4. The van der Waals surface area contributed by atoms with E-state index in [1.807, 2.05) is 42.2 Å². The highest BCUT2D eigenvalue weighted by Crippen LogP contribution is 2.37. The van der Waals surface area contributed by atoms with Gasteiger partial charge in [-0.05, 0) is 43.5 Å². The van der Waals surface area contributed by atoms with Gasteiger partial charge in [-0.2, -0.15) is 0 Å². The van der Waals surface area contributed by atoms with Gasteiger partial charge < -0.3 is 0 Å². The predicted octanol–water partition coefficient (Wildman–Crippen LogP) is 5.77. The van der Waals surface area contributed by atoms with Gasteiger partial charge in [0, 0.05) is 12.1 Å². The SMILES string of the molecule is Cc1ccc(Cl)c2sc(N(Cc3ccccn3)C(=O)C3CCCCC3)nc12. The first-order chi connectivity index (χ1) is 13.1. The number of carbonyl (C=O) groups is 1. The molecule has 3 aromatic rings. The largest absolute Gasteiger partial charge is 0.282 e. The van der Waals surface area contributed by atoms with Gasteiger partial charge in [-0.1, -0.05) is 54.3 Å². The molecule has 1 saturated carbocycles. The number of nitrogens with zero attached hydrogens (tertiary/aromatic N) is 3. The Labute approximate surface area is 168 Å². The number of aromatic nitrogens is 2. The molecule has 6 heteroatoms. The maximum Gasteiger partial charge on any atom is 0.232 e. The highest BCUT2D eigenvalue weighted by molar-refractivity contribution is 7.23. The van der Waals surface area contributed by atoms with E-state index in [1.54, 1.807) is 6.20 Å². The zero-order chi connectivity index (χ0) is 18.8. The van der Waals surface area contributed by atoms with E-state index in [1.165, 1.54) is 17.8 Å². The van der Waals surface area contributed by atoms with E-state index in [4.69, 9.17) is 16.6 Å². The van der Waals surface area contributed by atoms with Crippen LogP contribution >= 0.6 is 22.9 Å². The van der Waals surface area contributed by atoms with Crippen LogP contribution in [0.4, 0.5) is 5.13 Å². The molecule has 1 aliphatic carbocycles. The van der Waals surface area contributed by atoms with Gasteiger partial charge in [-0.25, -0.2) is 4.98 Å². The van der Waals surface area contributed by atoms with Gasteiger partial charge in [-0.15, -0.1) is 0 Å². The molecule has 0 saturated heterocycles. The molecular formula is C21H22ClN3OS. The molecule has 1 amide bonds. The number of amides is 1. The van der Waals surface area contributed by atoms with Crippen molar-refractivity contribution >= 4 is 44.2 Å². The van der Waals surface area contributed by atoms with Gasteiger partial charge in [0.25, 0.3) is 0 Å². The number of benzene rings is 1. The van der Waals surface area contributed by atoms with Crippen molar-refractivity contribution in [3.05, 3.63) is 52.8 Å². The third-order valence-corrected chi connectivity index (χ3v) is 6.72. The second-order valence-corrected chi connectivity index (χ2v) is 8.50. The molecule has 0 unspecified atom stereocenters. The Morgan fingerprint density at radius 1 is 1.22 bits per heavy atom. The first-order valence-electron chi connectivity index (χ1n) is 9.40. The van der Waals surface area contributed by atoms with Crippen LogP contribution in [-0.4, -0.2) is 15.9 Å². The number of fused-ring (bicyclic) bond motifs is 1. The van der Waals surface area contributed by atoms with E-state index in [2.05, 4.69) is 4.98 Å². The molecule has 0 radical (unpaired) electrons. The van der Waals surface area contributed by atoms with Crippen LogP contribution in [0.25, 0.3) is 10.2 Å². The fourth-order valence-corrected chi connectivity index (χ4v) is 4.99. The molecule has 1 aliphatic rings. The number of rotatable bonds is 4. The summed E-state index contributed by atoms with van der Waals surface area (Å²) >= 11 is 7.88. The molecule has 2 heterocycles. The van der Waals surface area contributed by atoms with E-state index in [0.29, 0.717) is 16.7 Å². The quantitative estimate of drug-likeness (QED) is 0.559. The number of hydrogen-bond donors (Lipinski definition) is 0. The van der Waals surface area contributed by atoms with Crippen molar-refractivity contribution in [2.75, 3.05) is 4.90 Å². The lowest BCUT2D eigenvalue weighted by molar-refractivity contribution is -0.123. The number of carbonyl (C=O) groups excluding carboxylic acids is 1. The van der Waals surface area contributed by atoms with Crippen molar-refractivity contribution in [2.45, 2.75) is 45.6 Å². The highest BCUT2D eigenvalue weighted by Gasteiger charge is 2.29. The molecule has 2 aromatic heterocycles. The normalized spacial score (nSPS) is 15.2. The maximum absolute atomic E-state index is 13.4. The molecule has 0 aliphatic heterocycles. The lowest BCUT2D eigenvalue weighted by Crippen LogP contribution is -2.36. The molecule has 27 heavy (non-hydrogen) atoms. The molecule has 0 spiro atoms. The van der Waals surface area contributed by atoms with Crippen LogP contribution in [-0.2, 0) is 11.3 Å². The smallest absolute Gasteiger partial charge is 0.232 e. The fourth-order valence-electron chi connectivity index (χ4n) is 3.67. The molecule has 0 atom stereocenters. The van der Waals surface area contributed by atoms with E-state index >= 15 is 0 Å². The number of aryl methyl sites for hydroxylation is 1. The van der Waals surface area contributed by atoms with Crippen LogP contribution in [0.15, 0.2) is 36.5 Å². The van der Waals surface area contributed by atoms with Gasteiger partial charge >= 0.3 is 0 Å². The highest BCUT2D eigenvalue weighted by atomic mass is 35.5. The van der Waals surface area contributed by atoms with E-state index in [0.717, 1.165) is 47.2 Å². The third kappa shape index (κ3) is 3.85. The van der Waals surface area contributed by atoms with Crippen LogP contribution in [0, 0.1) is 12.8 Å². The van der Waals surface area contributed by atoms with E-state index in [-0.39, 0.29) is 11.8 Å². The van der Waals surface area contributed by atoms with Gasteiger partial charge in [-0.3, -0.25) is 14.7 Å². The summed E-state index contributed by atoms with van der Waals surface area (Å²) in [6.45, 7) is 2.46. The Kier molecular flexibility index (Phi) is 5.41. The number of pyridine rings is 1. The molecule has 1 aromatic carbocycles. The number of thiazole rings is 1. The van der Waals surface area contributed by atoms with Crippen LogP contribution in [0.5, 0.6) is 0 Å². The van der Waals surface area contributed by atoms with Gasteiger partial charge in [0.1, 0.15) is 0 Å². The first-order valence-corrected chi connectivity index (χ1v) is 10.6. The first kappa shape index (κ1) is 18.4. The molecule has 140 valence electrons. The lowest BCUT2D eigenvalue weighted by atomic mass is 9.88. The minimum absolute atomic E-state index is 0.0750. The predicted molar refractivity (Wildman–Crippen MR) is 111 cm³/mol. The Balaban J connectivity index is 1.74. The van der Waals surface area contributed by atoms with Crippen LogP contribution in [0.3, 0.4) is 0 Å². The summed E-state index contributed by atoms with van der Waals surface area (Å²) in [5.74, 6) is 0.235. The summed E-state index contributed by atoms with van der Waals surface area (Å²) in [5, 5.41) is 1.39. The summed E-state index contributed by atoms with van der Waals surface area (Å²) in [6.07, 6.45) is 7.15. The van der Waals surface area contributed by atoms with Crippen molar-refractivity contribution in [2.24, 2.45) is 5.92 Å². The molecule has 0 bridgehead atoms. The maximum atomic E-state index is 13.4. The number of anilines is 1. The number of halogens is 1. The summed E-state index contributed by atoms with van der Waals surface area (Å²) in [6, 6.07) is 9.66. The zero-order valence-corrected chi connectivity index (χ0v) is 16.9. The minimum atomic E-state index is 0.0750. The third-order valence-electron chi connectivity index (χ3n) is 5.18. The Hall–Kier alpha value is -1.98. The molecule has 1 fully saturated rings. The zero-order valence-electron chi connectivity index (χ0n) is 15.3. The van der Waals surface area contributed by atoms with E-state index in [9.17, 15) is 4.79 Å². The van der Waals surface area contributed by atoms with Crippen LogP contribution < -0.4 is 4.90 Å². The van der Waals surface area contributed by atoms with Crippen molar-refractivity contribution in [3.8, 4) is 0 Å². The van der Waals surface area contributed by atoms with Gasteiger partial charge in [0.2, 0.25) is 5.91 Å².